The van der Waals surface area contributed by atoms with Crippen LogP contribution in [0.1, 0.15) is 36.5 Å². The van der Waals surface area contributed by atoms with Gasteiger partial charge in [0.1, 0.15) is 5.82 Å². The Kier molecular flexibility index (Phi) is 4.58. The SMILES string of the molecule is C[C@@H](N)[C@H]1CCCCN1C(=O)c1cc(F)cc(Br)c1. The summed E-state index contributed by atoms with van der Waals surface area (Å²) in [5.74, 6) is -0.547. The van der Waals surface area contributed by atoms with Gasteiger partial charge in [-0.05, 0) is 44.4 Å². The number of nitrogens with two attached hydrogens (primary N) is 1. The predicted molar refractivity (Wildman–Crippen MR) is 76.4 cm³/mol. The number of rotatable bonds is 2. The molecule has 1 saturated heterocycles. The van der Waals surface area contributed by atoms with Crippen LogP contribution in [-0.4, -0.2) is 29.4 Å². The molecule has 1 fully saturated rings. The summed E-state index contributed by atoms with van der Waals surface area (Å²) in [6, 6.07) is 4.25. The first-order chi connectivity index (χ1) is 8.99. The smallest absolute Gasteiger partial charge is 0.254 e. The highest BCUT2D eigenvalue weighted by Gasteiger charge is 2.30. The maximum atomic E-state index is 13.4. The zero-order chi connectivity index (χ0) is 14.0. The monoisotopic (exact) mass is 328 g/mol. The van der Waals surface area contributed by atoms with Crippen LogP contribution in [0.2, 0.25) is 0 Å². The van der Waals surface area contributed by atoms with Gasteiger partial charge >= 0.3 is 0 Å². The van der Waals surface area contributed by atoms with Crippen molar-refractivity contribution in [3.8, 4) is 0 Å². The van der Waals surface area contributed by atoms with Crippen molar-refractivity contribution >= 4 is 21.8 Å². The molecule has 1 aromatic rings. The van der Waals surface area contributed by atoms with Crippen LogP contribution in [-0.2, 0) is 0 Å². The molecule has 0 saturated carbocycles. The first kappa shape index (κ1) is 14.5. The third kappa shape index (κ3) is 3.34. The van der Waals surface area contributed by atoms with Gasteiger partial charge in [-0.2, -0.15) is 0 Å². The van der Waals surface area contributed by atoms with E-state index in [4.69, 9.17) is 5.73 Å². The summed E-state index contributed by atoms with van der Waals surface area (Å²) in [4.78, 5) is 14.3. The molecule has 5 heteroatoms. The van der Waals surface area contributed by atoms with Gasteiger partial charge in [-0.1, -0.05) is 15.9 Å². The zero-order valence-electron chi connectivity index (χ0n) is 10.9. The third-order valence-corrected chi connectivity index (χ3v) is 3.98. The Labute approximate surface area is 121 Å². The molecule has 0 radical (unpaired) electrons. The van der Waals surface area contributed by atoms with E-state index in [2.05, 4.69) is 15.9 Å². The largest absolute Gasteiger partial charge is 0.334 e. The maximum absolute atomic E-state index is 13.4. The molecule has 2 atom stereocenters. The molecule has 0 aliphatic carbocycles. The number of hydrogen-bond acceptors (Lipinski definition) is 2. The highest BCUT2D eigenvalue weighted by atomic mass is 79.9. The van der Waals surface area contributed by atoms with Crippen molar-refractivity contribution in [3.05, 3.63) is 34.1 Å². The number of hydrogen-bond donors (Lipinski definition) is 1. The Balaban J connectivity index is 2.26. The van der Waals surface area contributed by atoms with Gasteiger partial charge in [-0.3, -0.25) is 4.79 Å². The molecule has 19 heavy (non-hydrogen) atoms. The maximum Gasteiger partial charge on any atom is 0.254 e. The molecule has 1 amide bonds. The lowest BCUT2D eigenvalue weighted by Gasteiger charge is -2.38. The van der Waals surface area contributed by atoms with E-state index in [0.29, 0.717) is 16.6 Å². The minimum absolute atomic E-state index is 0.0447. The van der Waals surface area contributed by atoms with Gasteiger partial charge in [-0.15, -0.1) is 0 Å². The number of carbonyl (C=O) groups is 1. The second kappa shape index (κ2) is 6.01. The lowest BCUT2D eigenvalue weighted by Crippen LogP contribution is -2.51. The topological polar surface area (TPSA) is 46.3 Å². The fraction of sp³-hybridized carbons (Fsp3) is 0.500. The molecule has 1 aromatic carbocycles. The van der Waals surface area contributed by atoms with E-state index in [1.54, 1.807) is 11.0 Å². The molecule has 2 rings (SSSR count). The summed E-state index contributed by atoms with van der Waals surface area (Å²) < 4.78 is 14.0. The molecule has 0 aromatic heterocycles. The van der Waals surface area contributed by atoms with Crippen molar-refractivity contribution in [2.75, 3.05) is 6.54 Å². The summed E-state index contributed by atoms with van der Waals surface area (Å²) in [7, 11) is 0. The summed E-state index contributed by atoms with van der Waals surface area (Å²) >= 11 is 3.21. The van der Waals surface area contributed by atoms with Gasteiger partial charge in [0.2, 0.25) is 0 Å². The second-order valence-electron chi connectivity index (χ2n) is 5.08. The van der Waals surface area contributed by atoms with Gasteiger partial charge in [0.15, 0.2) is 0 Å². The normalized spacial score (nSPS) is 21.3. The molecule has 2 N–H and O–H groups in total. The number of halogens is 2. The number of benzene rings is 1. The first-order valence-electron chi connectivity index (χ1n) is 6.51. The fourth-order valence-electron chi connectivity index (χ4n) is 2.60. The zero-order valence-corrected chi connectivity index (χ0v) is 12.5. The molecule has 1 heterocycles. The number of amides is 1. The van der Waals surface area contributed by atoms with E-state index in [1.165, 1.54) is 12.1 Å². The second-order valence-corrected chi connectivity index (χ2v) is 5.99. The van der Waals surface area contributed by atoms with Crippen molar-refractivity contribution in [2.45, 2.75) is 38.3 Å². The lowest BCUT2D eigenvalue weighted by atomic mass is 9.96. The molecular weight excluding hydrogens is 311 g/mol. The average Bonchev–Trinajstić information content (AvgIpc) is 2.36. The van der Waals surface area contributed by atoms with Crippen LogP contribution in [0.5, 0.6) is 0 Å². The van der Waals surface area contributed by atoms with Gasteiger partial charge in [0.05, 0.1) is 0 Å². The van der Waals surface area contributed by atoms with Crippen molar-refractivity contribution in [1.29, 1.82) is 0 Å². The number of piperidine rings is 1. The van der Waals surface area contributed by atoms with Gasteiger partial charge in [0.25, 0.3) is 5.91 Å². The van der Waals surface area contributed by atoms with E-state index >= 15 is 0 Å². The van der Waals surface area contributed by atoms with Crippen molar-refractivity contribution in [1.82, 2.24) is 4.90 Å². The first-order valence-corrected chi connectivity index (χ1v) is 7.31. The van der Waals surface area contributed by atoms with Crippen LogP contribution in [0.25, 0.3) is 0 Å². The van der Waals surface area contributed by atoms with Gasteiger partial charge in [-0.25, -0.2) is 4.39 Å². The van der Waals surface area contributed by atoms with Crippen molar-refractivity contribution in [2.24, 2.45) is 5.73 Å². The number of carbonyl (C=O) groups excluding carboxylic acids is 1. The standard InChI is InChI=1S/C14H18BrFN2O/c1-9(17)13-4-2-3-5-18(13)14(19)10-6-11(15)8-12(16)7-10/h6-9,13H,2-5,17H2,1H3/t9-,13-/m1/s1. The van der Waals surface area contributed by atoms with Crippen LogP contribution >= 0.6 is 15.9 Å². The quantitative estimate of drug-likeness (QED) is 0.907. The highest BCUT2D eigenvalue weighted by Crippen LogP contribution is 2.23. The van der Waals surface area contributed by atoms with Crippen LogP contribution < -0.4 is 5.73 Å². The molecule has 104 valence electrons. The number of nitrogens with zero attached hydrogens (tertiary/aromatic N) is 1. The Morgan fingerprint density at radius 3 is 2.84 bits per heavy atom. The molecular formula is C14H18BrFN2O. The third-order valence-electron chi connectivity index (χ3n) is 3.53. The molecule has 1 aliphatic rings. The molecule has 1 aliphatic heterocycles. The Hall–Kier alpha value is -0.940. The molecule has 0 spiro atoms. The minimum Gasteiger partial charge on any atom is -0.334 e. The van der Waals surface area contributed by atoms with Crippen molar-refractivity contribution < 1.29 is 9.18 Å². The Bertz CT molecular complexity index is 458. The summed E-state index contributed by atoms with van der Waals surface area (Å²) in [6.45, 7) is 2.61. The highest BCUT2D eigenvalue weighted by molar-refractivity contribution is 9.10. The predicted octanol–water partition coefficient (Wildman–Crippen LogP) is 2.93. The van der Waals surface area contributed by atoms with Crippen LogP contribution in [0.3, 0.4) is 0 Å². The van der Waals surface area contributed by atoms with Crippen LogP contribution in [0.15, 0.2) is 22.7 Å². The lowest BCUT2D eigenvalue weighted by molar-refractivity contribution is 0.0583. The molecule has 3 nitrogen and oxygen atoms in total. The van der Waals surface area contributed by atoms with Crippen molar-refractivity contribution in [3.63, 3.8) is 0 Å². The molecule has 0 bridgehead atoms. The Morgan fingerprint density at radius 2 is 2.21 bits per heavy atom. The van der Waals surface area contributed by atoms with E-state index < -0.39 is 5.82 Å². The summed E-state index contributed by atoms with van der Waals surface area (Å²) in [5, 5.41) is 0. The van der Waals surface area contributed by atoms with Crippen LogP contribution in [0.4, 0.5) is 4.39 Å². The minimum atomic E-state index is -0.410. The average molecular weight is 329 g/mol. The number of likely N-dealkylation sites (tertiary alicyclic amines) is 1. The fourth-order valence-corrected chi connectivity index (χ4v) is 3.06. The molecule has 0 unspecified atom stereocenters. The van der Waals surface area contributed by atoms with E-state index in [-0.39, 0.29) is 18.0 Å². The van der Waals surface area contributed by atoms with E-state index in [1.807, 2.05) is 6.92 Å². The Morgan fingerprint density at radius 1 is 1.47 bits per heavy atom. The summed E-state index contributed by atoms with van der Waals surface area (Å²) in [6.07, 6.45) is 2.98. The van der Waals surface area contributed by atoms with E-state index in [0.717, 1.165) is 19.3 Å². The van der Waals surface area contributed by atoms with Crippen LogP contribution in [0, 0.1) is 5.82 Å². The van der Waals surface area contributed by atoms with Gasteiger partial charge < -0.3 is 10.6 Å². The van der Waals surface area contributed by atoms with E-state index in [9.17, 15) is 9.18 Å². The summed E-state index contributed by atoms with van der Waals surface area (Å²) in [5.41, 5.74) is 6.33. The van der Waals surface area contributed by atoms with Gasteiger partial charge in [0, 0.05) is 28.7 Å².